The third-order valence-electron chi connectivity index (χ3n) is 8.06. The number of methoxy groups -OCH3 is 1. The molecule has 2 heterocycles. The molecule has 7 nitrogen and oxygen atoms in total. The molecule has 0 amide bonds. The van der Waals surface area contributed by atoms with Gasteiger partial charge in [-0.25, -0.2) is 4.31 Å². The molecule has 0 radical (unpaired) electrons. The Kier molecular flexibility index (Phi) is 13.2. The Morgan fingerprint density at radius 1 is 1.04 bits per heavy atom. The van der Waals surface area contributed by atoms with E-state index in [9.17, 15) is 13.2 Å². The van der Waals surface area contributed by atoms with Crippen molar-refractivity contribution in [1.82, 2.24) is 13.8 Å². The van der Waals surface area contributed by atoms with Gasteiger partial charge in [-0.3, -0.25) is 0 Å². The summed E-state index contributed by atoms with van der Waals surface area (Å²) in [6.07, 6.45) is 3.45. The summed E-state index contributed by atoms with van der Waals surface area (Å²) in [6.45, 7) is 2.90. The molecule has 1 fully saturated rings. The van der Waals surface area contributed by atoms with Crippen molar-refractivity contribution in [3.63, 3.8) is 0 Å². The molecule has 0 unspecified atom stereocenters. The number of halogens is 3. The number of nitrogens with zero attached hydrogens (tertiary/aromatic N) is 3. The highest BCUT2D eigenvalue weighted by Gasteiger charge is 2.30. The largest absolute Gasteiger partial charge is 0.495 e. The first kappa shape index (κ1) is 34.8. The van der Waals surface area contributed by atoms with Gasteiger partial charge in [0, 0.05) is 28.6 Å². The van der Waals surface area contributed by atoms with E-state index in [1.165, 1.54) is 23.8 Å². The quantitative estimate of drug-likeness (QED) is 0.0933. The summed E-state index contributed by atoms with van der Waals surface area (Å²) >= 11 is 1.67. The number of piperidine rings is 1. The van der Waals surface area contributed by atoms with Gasteiger partial charge >= 0.3 is 6.18 Å². The van der Waals surface area contributed by atoms with Crippen molar-refractivity contribution in [1.29, 1.82) is 0 Å². The first-order chi connectivity index (χ1) is 21.7. The molecule has 45 heavy (non-hydrogen) atoms. The molecule has 0 saturated carbocycles. The summed E-state index contributed by atoms with van der Waals surface area (Å²) < 4.78 is 50.0. The smallest absolute Gasteiger partial charge is 0.406 e. The maximum atomic E-state index is 13.6. The van der Waals surface area contributed by atoms with Crippen LogP contribution in [0.5, 0.6) is 5.75 Å². The summed E-state index contributed by atoms with van der Waals surface area (Å²) in [5.74, 6) is 6.72. The topological polar surface area (TPSA) is 70.7 Å². The van der Waals surface area contributed by atoms with Gasteiger partial charge in [0.05, 0.1) is 30.6 Å². The van der Waals surface area contributed by atoms with E-state index in [0.717, 1.165) is 73.5 Å². The summed E-state index contributed by atoms with van der Waals surface area (Å²) in [5, 5.41) is 7.60. The molecule has 4 rings (SSSR count). The molecular formula is C34H47F3N6OS. The van der Waals surface area contributed by atoms with Gasteiger partial charge in [-0.05, 0) is 114 Å². The van der Waals surface area contributed by atoms with Crippen LogP contribution < -0.4 is 21.1 Å². The van der Waals surface area contributed by atoms with E-state index >= 15 is 0 Å². The second-order valence-corrected chi connectivity index (χ2v) is 13.0. The minimum absolute atomic E-state index is 0.251. The zero-order valence-corrected chi connectivity index (χ0v) is 27.5. The molecule has 3 aromatic rings. The zero-order valence-electron chi connectivity index (χ0n) is 26.7. The van der Waals surface area contributed by atoms with Crippen LogP contribution in [-0.2, 0) is 6.54 Å². The Balaban J connectivity index is 1.41. The number of likely N-dealkylation sites (tertiary alicyclic amines) is 1. The minimum atomic E-state index is -4.37. The van der Waals surface area contributed by atoms with Crippen molar-refractivity contribution in [3.05, 3.63) is 48.2 Å². The lowest BCUT2D eigenvalue weighted by atomic mass is 10.0. The lowest BCUT2D eigenvalue weighted by molar-refractivity contribution is -0.140. The molecular weight excluding hydrogens is 597 g/mol. The van der Waals surface area contributed by atoms with Crippen molar-refractivity contribution in [2.24, 2.45) is 5.73 Å². The van der Waals surface area contributed by atoms with Gasteiger partial charge in [0.1, 0.15) is 12.3 Å². The summed E-state index contributed by atoms with van der Waals surface area (Å²) in [5.41, 5.74) is 8.05. The number of benzene rings is 2. The average Bonchev–Trinajstić information content (AvgIpc) is 3.35. The van der Waals surface area contributed by atoms with Crippen LogP contribution >= 0.6 is 11.9 Å². The van der Waals surface area contributed by atoms with Crippen LogP contribution in [0.2, 0.25) is 0 Å². The standard InChI is InChI=1S/C34H47F3N6OS/c1-41-21-16-26(17-22-41)40-30-12-9-13-32-29(30)23-27(43(32)25-34(35,36)37)11-10-19-39-31-15-14-28(24-33(31)44-3)45-42(2)20-8-6-4-5-7-18-38/h9,12-15,23-24,26,39-40H,4-8,16-22,25,38H2,1-3H3. The second kappa shape index (κ2) is 17.0. The number of nitrogens with two attached hydrogens (primary N) is 1. The monoisotopic (exact) mass is 644 g/mol. The van der Waals surface area contributed by atoms with Crippen molar-refractivity contribution in [2.75, 3.05) is 64.6 Å². The Morgan fingerprint density at radius 3 is 2.53 bits per heavy atom. The van der Waals surface area contributed by atoms with Crippen molar-refractivity contribution < 1.29 is 17.9 Å². The molecule has 2 aromatic carbocycles. The van der Waals surface area contributed by atoms with Gasteiger partial charge in [0.15, 0.2) is 0 Å². The molecule has 11 heteroatoms. The van der Waals surface area contributed by atoms with Crippen LogP contribution in [-0.4, -0.2) is 79.9 Å². The number of unbranched alkanes of at least 4 members (excludes halogenated alkanes) is 4. The maximum Gasteiger partial charge on any atom is 0.406 e. The molecule has 4 N–H and O–H groups in total. The Bertz CT molecular complexity index is 1430. The van der Waals surface area contributed by atoms with Gasteiger partial charge in [-0.1, -0.05) is 31.2 Å². The number of hydrogen-bond acceptors (Lipinski definition) is 7. The highest BCUT2D eigenvalue weighted by atomic mass is 32.2. The molecule has 0 bridgehead atoms. The lowest BCUT2D eigenvalue weighted by Crippen LogP contribution is -2.36. The molecule has 1 aliphatic heterocycles. The van der Waals surface area contributed by atoms with Crippen molar-refractivity contribution >= 4 is 34.2 Å². The lowest BCUT2D eigenvalue weighted by Gasteiger charge is -2.30. The summed E-state index contributed by atoms with van der Waals surface area (Å²) in [4.78, 5) is 3.35. The normalized spacial score (nSPS) is 14.5. The van der Waals surface area contributed by atoms with E-state index in [2.05, 4.69) is 45.8 Å². The summed E-state index contributed by atoms with van der Waals surface area (Å²) in [6, 6.07) is 13.5. The molecule has 0 aliphatic carbocycles. The van der Waals surface area contributed by atoms with Crippen LogP contribution in [0.15, 0.2) is 47.4 Å². The predicted octanol–water partition coefficient (Wildman–Crippen LogP) is 7.03. The fraction of sp³-hybridized carbons (Fsp3) is 0.529. The second-order valence-electron chi connectivity index (χ2n) is 11.7. The number of hydrogen-bond donors (Lipinski definition) is 3. The molecule has 0 atom stereocenters. The number of anilines is 2. The van der Waals surface area contributed by atoms with Gasteiger partial charge in [0.2, 0.25) is 0 Å². The predicted molar refractivity (Wildman–Crippen MR) is 181 cm³/mol. The molecule has 1 aromatic heterocycles. The van der Waals surface area contributed by atoms with E-state index in [1.54, 1.807) is 31.2 Å². The van der Waals surface area contributed by atoms with E-state index in [-0.39, 0.29) is 12.6 Å². The molecule has 1 aliphatic rings. The number of aromatic nitrogens is 1. The van der Waals surface area contributed by atoms with Crippen molar-refractivity contribution in [3.8, 4) is 17.6 Å². The summed E-state index contributed by atoms with van der Waals surface area (Å²) in [7, 11) is 5.82. The highest BCUT2D eigenvalue weighted by Crippen LogP contribution is 2.33. The average molecular weight is 645 g/mol. The van der Waals surface area contributed by atoms with E-state index < -0.39 is 12.7 Å². The number of alkyl halides is 3. The van der Waals surface area contributed by atoms with Gasteiger partial charge in [-0.15, -0.1) is 0 Å². The van der Waals surface area contributed by atoms with E-state index in [1.807, 2.05) is 30.3 Å². The number of ether oxygens (including phenoxy) is 1. The van der Waals surface area contributed by atoms with Crippen LogP contribution in [0.25, 0.3) is 10.9 Å². The third kappa shape index (κ3) is 10.8. The van der Waals surface area contributed by atoms with Crippen LogP contribution in [0, 0.1) is 11.8 Å². The van der Waals surface area contributed by atoms with Crippen LogP contribution in [0.4, 0.5) is 24.5 Å². The number of rotatable bonds is 15. The number of nitrogens with one attached hydrogen (secondary N) is 2. The Hall–Kier alpha value is -3.04. The fourth-order valence-corrected chi connectivity index (χ4v) is 6.49. The first-order valence-electron chi connectivity index (χ1n) is 15.8. The zero-order chi connectivity index (χ0) is 32.2. The van der Waals surface area contributed by atoms with E-state index in [0.29, 0.717) is 17.0 Å². The Labute approximate surface area is 270 Å². The molecule has 1 saturated heterocycles. The maximum absolute atomic E-state index is 13.6. The van der Waals surface area contributed by atoms with Crippen molar-refractivity contribution in [2.45, 2.75) is 68.6 Å². The fourth-order valence-electron chi connectivity index (χ4n) is 5.62. The number of fused-ring (bicyclic) bond motifs is 1. The minimum Gasteiger partial charge on any atom is -0.495 e. The SMILES string of the molecule is COc1cc(SN(C)CCCCCCCN)ccc1NCC#Cc1cc2c(NC3CCN(C)CC3)cccc2n1CC(F)(F)F. The van der Waals surface area contributed by atoms with Crippen LogP contribution in [0.1, 0.15) is 50.6 Å². The highest BCUT2D eigenvalue weighted by molar-refractivity contribution is 7.97. The van der Waals surface area contributed by atoms with Crippen LogP contribution in [0.3, 0.4) is 0 Å². The molecule has 246 valence electrons. The van der Waals surface area contributed by atoms with Gasteiger partial charge in [-0.2, -0.15) is 13.2 Å². The van der Waals surface area contributed by atoms with E-state index in [4.69, 9.17) is 10.5 Å². The molecule has 0 spiro atoms. The third-order valence-corrected chi connectivity index (χ3v) is 9.02. The van der Waals surface area contributed by atoms with Gasteiger partial charge in [0.25, 0.3) is 0 Å². The van der Waals surface area contributed by atoms with Gasteiger partial charge < -0.3 is 30.6 Å². The Morgan fingerprint density at radius 2 is 1.80 bits per heavy atom. The first-order valence-corrected chi connectivity index (χ1v) is 16.6.